The number of carboxylic acid groups (broad SMARTS) is 1. The van der Waals surface area contributed by atoms with E-state index in [4.69, 9.17) is 10.4 Å². The number of hydrogen-bond donors (Lipinski definition) is 2. The summed E-state index contributed by atoms with van der Waals surface area (Å²) >= 11 is 0. The van der Waals surface area contributed by atoms with E-state index in [1.54, 1.807) is 0 Å². The van der Waals surface area contributed by atoms with Crippen molar-refractivity contribution in [2.45, 2.75) is 57.8 Å². The average molecular weight is 230 g/mol. The monoisotopic (exact) mass is 230 g/mol. The first-order valence-electron chi connectivity index (χ1n) is 5.88. The molecular formula is C12H22O4. The molecule has 0 aromatic carbocycles. The van der Waals surface area contributed by atoms with Crippen LogP contribution in [0.25, 0.3) is 0 Å². The van der Waals surface area contributed by atoms with Crippen LogP contribution >= 0.6 is 0 Å². The molecule has 94 valence electrons. The fourth-order valence-electron chi connectivity index (χ4n) is 1.53. The molecule has 0 radical (unpaired) electrons. The summed E-state index contributed by atoms with van der Waals surface area (Å²) in [6.45, 7) is 3.52. The zero-order chi connectivity index (χ0) is 12.2. The quantitative estimate of drug-likeness (QED) is 0.246. The third-order valence-electron chi connectivity index (χ3n) is 2.48. The molecule has 0 aromatic rings. The molecule has 0 bridgehead atoms. The van der Waals surface area contributed by atoms with E-state index >= 15 is 0 Å². The average Bonchev–Trinajstić information content (AvgIpc) is 2.26. The highest BCUT2D eigenvalue weighted by Crippen LogP contribution is 2.12. The second-order valence-electron chi connectivity index (χ2n) is 4.00. The van der Waals surface area contributed by atoms with Crippen molar-refractivity contribution < 1.29 is 20.0 Å². The Hall–Kier alpha value is -1.03. The van der Waals surface area contributed by atoms with Crippen LogP contribution in [0.4, 0.5) is 0 Å². The minimum atomic E-state index is -0.706. The molecule has 0 aliphatic heterocycles. The Morgan fingerprint density at radius 1 is 0.938 bits per heavy atom. The van der Waals surface area contributed by atoms with E-state index in [2.05, 4.69) is 11.5 Å². The molecule has 0 fully saturated rings. The summed E-state index contributed by atoms with van der Waals surface area (Å²) in [7, 11) is 0. The van der Waals surface area contributed by atoms with Crippen LogP contribution in [0.15, 0.2) is 12.3 Å². The molecule has 4 heteroatoms. The van der Waals surface area contributed by atoms with Gasteiger partial charge in [0.15, 0.2) is 0 Å². The maximum Gasteiger partial charge on any atom is 0.303 e. The van der Waals surface area contributed by atoms with Gasteiger partial charge in [-0.15, -0.1) is 0 Å². The van der Waals surface area contributed by atoms with Crippen molar-refractivity contribution >= 4 is 5.97 Å². The zero-order valence-corrected chi connectivity index (χ0v) is 9.78. The van der Waals surface area contributed by atoms with Crippen molar-refractivity contribution in [3.05, 3.63) is 12.3 Å². The minimum Gasteiger partial charge on any atom is -0.481 e. The number of aliphatic carboxylic acids is 1. The molecule has 0 atom stereocenters. The first-order valence-corrected chi connectivity index (χ1v) is 5.88. The van der Waals surface area contributed by atoms with Gasteiger partial charge in [0.1, 0.15) is 5.76 Å². The number of unbranched alkanes of at least 4 members (excludes halogenated alkanes) is 6. The first-order chi connectivity index (χ1) is 7.66. The molecule has 0 spiro atoms. The smallest absolute Gasteiger partial charge is 0.303 e. The van der Waals surface area contributed by atoms with Gasteiger partial charge in [0.05, 0.1) is 0 Å². The Bertz CT molecular complexity index is 201. The van der Waals surface area contributed by atoms with Crippen LogP contribution in [-0.2, 0) is 9.68 Å². The minimum absolute atomic E-state index is 0.285. The Morgan fingerprint density at radius 2 is 1.38 bits per heavy atom. The summed E-state index contributed by atoms with van der Waals surface area (Å²) < 4.78 is 0. The summed E-state index contributed by atoms with van der Waals surface area (Å²) in [5, 5.41) is 16.7. The second-order valence-corrected chi connectivity index (χ2v) is 4.00. The highest BCUT2D eigenvalue weighted by Gasteiger charge is 1.97. The molecule has 0 aliphatic rings. The van der Waals surface area contributed by atoms with Crippen molar-refractivity contribution in [1.82, 2.24) is 0 Å². The second kappa shape index (κ2) is 10.5. The van der Waals surface area contributed by atoms with E-state index in [0.717, 1.165) is 44.9 Å². The van der Waals surface area contributed by atoms with Gasteiger partial charge in [0.25, 0.3) is 0 Å². The van der Waals surface area contributed by atoms with Gasteiger partial charge >= 0.3 is 5.97 Å². The fraction of sp³-hybridized carbons (Fsp3) is 0.750. The van der Waals surface area contributed by atoms with Crippen molar-refractivity contribution in [3.63, 3.8) is 0 Å². The lowest BCUT2D eigenvalue weighted by Crippen LogP contribution is -1.93. The van der Waals surface area contributed by atoms with Gasteiger partial charge in [-0.2, -0.15) is 0 Å². The van der Waals surface area contributed by atoms with Crippen molar-refractivity contribution in [3.8, 4) is 0 Å². The van der Waals surface area contributed by atoms with Crippen molar-refractivity contribution in [2.75, 3.05) is 0 Å². The molecule has 0 aliphatic carbocycles. The van der Waals surface area contributed by atoms with E-state index < -0.39 is 5.97 Å². The van der Waals surface area contributed by atoms with Crippen LogP contribution in [0.1, 0.15) is 57.8 Å². The molecule has 0 saturated heterocycles. The zero-order valence-electron chi connectivity index (χ0n) is 9.78. The maximum atomic E-state index is 10.2. The predicted octanol–water partition coefficient (Wildman–Crippen LogP) is 3.59. The summed E-state index contributed by atoms with van der Waals surface area (Å²) in [5.74, 6) is -0.288. The number of carbonyl (C=O) groups is 1. The van der Waals surface area contributed by atoms with Crippen molar-refractivity contribution in [1.29, 1.82) is 0 Å². The summed E-state index contributed by atoms with van der Waals surface area (Å²) in [6.07, 6.45) is 8.24. The largest absolute Gasteiger partial charge is 0.481 e. The van der Waals surface area contributed by atoms with Gasteiger partial charge in [0.2, 0.25) is 0 Å². The highest BCUT2D eigenvalue weighted by molar-refractivity contribution is 5.66. The van der Waals surface area contributed by atoms with Crippen LogP contribution < -0.4 is 0 Å². The van der Waals surface area contributed by atoms with Crippen LogP contribution in [0.3, 0.4) is 0 Å². The van der Waals surface area contributed by atoms with Crippen LogP contribution in [0, 0.1) is 0 Å². The maximum absolute atomic E-state index is 10.2. The van der Waals surface area contributed by atoms with E-state index in [9.17, 15) is 4.79 Å². The van der Waals surface area contributed by atoms with E-state index in [1.165, 1.54) is 0 Å². The molecule has 0 rings (SSSR count). The molecular weight excluding hydrogens is 208 g/mol. The predicted molar refractivity (Wildman–Crippen MR) is 62.0 cm³/mol. The lowest BCUT2D eigenvalue weighted by molar-refractivity contribution is -0.205. The number of allylic oxidation sites excluding steroid dienone is 1. The lowest BCUT2D eigenvalue weighted by Gasteiger charge is -2.02. The molecule has 0 saturated carbocycles. The van der Waals surface area contributed by atoms with Gasteiger partial charge < -0.3 is 9.99 Å². The van der Waals surface area contributed by atoms with Gasteiger partial charge in [-0.1, -0.05) is 38.7 Å². The van der Waals surface area contributed by atoms with Crippen LogP contribution in [0.5, 0.6) is 0 Å². The van der Waals surface area contributed by atoms with Crippen LogP contribution in [-0.4, -0.2) is 16.3 Å². The van der Waals surface area contributed by atoms with Gasteiger partial charge in [0, 0.05) is 12.8 Å². The SMILES string of the molecule is C=C(CCCCCCCCCC(=O)O)OO. The molecule has 2 N–H and O–H groups in total. The number of carboxylic acids is 1. The topological polar surface area (TPSA) is 66.8 Å². The highest BCUT2D eigenvalue weighted by atomic mass is 17.1. The van der Waals surface area contributed by atoms with E-state index in [1.807, 2.05) is 0 Å². The number of rotatable bonds is 11. The number of hydrogen-bond acceptors (Lipinski definition) is 3. The van der Waals surface area contributed by atoms with Gasteiger partial charge in [-0.3, -0.25) is 4.79 Å². The first kappa shape index (κ1) is 15.0. The molecule has 0 heterocycles. The molecule has 16 heavy (non-hydrogen) atoms. The fourth-order valence-corrected chi connectivity index (χ4v) is 1.53. The van der Waals surface area contributed by atoms with Crippen molar-refractivity contribution in [2.24, 2.45) is 0 Å². The van der Waals surface area contributed by atoms with Gasteiger partial charge in [-0.05, 0) is 12.8 Å². The van der Waals surface area contributed by atoms with E-state index in [0.29, 0.717) is 12.2 Å². The third kappa shape index (κ3) is 11.0. The molecule has 4 nitrogen and oxygen atoms in total. The summed E-state index contributed by atoms with van der Waals surface area (Å²) in [5.41, 5.74) is 0. The van der Waals surface area contributed by atoms with E-state index in [-0.39, 0.29) is 6.42 Å². The summed E-state index contributed by atoms with van der Waals surface area (Å²) in [4.78, 5) is 14.2. The summed E-state index contributed by atoms with van der Waals surface area (Å²) in [6, 6.07) is 0. The Morgan fingerprint density at radius 3 is 1.81 bits per heavy atom. The standard InChI is InChI=1S/C12H22O4/c1-11(16-15)9-7-5-3-2-4-6-8-10-12(13)14/h15H,1-10H2,(H,13,14). The molecule has 0 unspecified atom stereocenters. The molecule has 0 aromatic heterocycles. The third-order valence-corrected chi connectivity index (χ3v) is 2.48. The molecule has 0 amide bonds. The lowest BCUT2D eigenvalue weighted by atomic mass is 10.1. The normalized spacial score (nSPS) is 10.1. The Kier molecular flexibility index (Phi) is 9.81. The Labute approximate surface area is 96.9 Å². The van der Waals surface area contributed by atoms with Crippen LogP contribution in [0.2, 0.25) is 0 Å². The Balaban J connectivity index is 3.04. The van der Waals surface area contributed by atoms with Gasteiger partial charge in [-0.25, -0.2) is 5.26 Å².